The normalized spacial score (nSPS) is 10.0. The van der Waals surface area contributed by atoms with E-state index < -0.39 is 17.9 Å². The Kier molecular flexibility index (Phi) is 8.14. The first-order chi connectivity index (χ1) is 7.56. The van der Waals surface area contributed by atoms with Crippen LogP contribution in [0.5, 0.6) is 0 Å². The fraction of sp³-hybridized carbons (Fsp3) is 0.700. The molecule has 0 aliphatic heterocycles. The molecule has 0 amide bonds. The van der Waals surface area contributed by atoms with Crippen LogP contribution in [0.1, 0.15) is 20.3 Å². The van der Waals surface area contributed by atoms with Gasteiger partial charge >= 0.3 is 11.9 Å². The van der Waals surface area contributed by atoms with Crippen molar-refractivity contribution in [3.8, 4) is 0 Å². The molecule has 0 saturated heterocycles. The summed E-state index contributed by atoms with van der Waals surface area (Å²) in [6.45, 7) is 3.63. The van der Waals surface area contributed by atoms with E-state index in [9.17, 15) is 14.4 Å². The van der Waals surface area contributed by atoms with E-state index in [-0.39, 0.29) is 29.8 Å². The standard InChI is InChI=1S/C10H15IO5/c1-3-15-9(13)8(5-7(12)6-11)10(14)16-4-2/h8H,3-6H2,1-2H3. The van der Waals surface area contributed by atoms with Crippen molar-refractivity contribution in [2.45, 2.75) is 20.3 Å². The van der Waals surface area contributed by atoms with Crippen LogP contribution in [0, 0.1) is 5.92 Å². The molecule has 0 saturated carbocycles. The highest BCUT2D eigenvalue weighted by Gasteiger charge is 2.31. The molecule has 0 rings (SSSR count). The molecule has 0 radical (unpaired) electrons. The predicted molar refractivity (Wildman–Crippen MR) is 65.3 cm³/mol. The van der Waals surface area contributed by atoms with E-state index >= 15 is 0 Å². The third kappa shape index (κ3) is 5.43. The summed E-state index contributed by atoms with van der Waals surface area (Å²) in [5, 5.41) is 0. The molecular weight excluding hydrogens is 327 g/mol. The van der Waals surface area contributed by atoms with E-state index in [1.807, 2.05) is 22.6 Å². The number of ketones is 1. The number of halogens is 1. The van der Waals surface area contributed by atoms with Crippen LogP contribution >= 0.6 is 22.6 Å². The second kappa shape index (κ2) is 8.49. The van der Waals surface area contributed by atoms with Crippen molar-refractivity contribution in [2.75, 3.05) is 17.6 Å². The molecule has 0 aromatic rings. The molecule has 0 unspecified atom stereocenters. The first-order valence-corrected chi connectivity index (χ1v) is 6.50. The highest BCUT2D eigenvalue weighted by atomic mass is 127. The maximum atomic E-state index is 11.4. The molecule has 0 spiro atoms. The Morgan fingerprint density at radius 2 is 1.50 bits per heavy atom. The van der Waals surface area contributed by atoms with Gasteiger partial charge in [0.25, 0.3) is 0 Å². The summed E-state index contributed by atoms with van der Waals surface area (Å²) in [6, 6.07) is 0. The Morgan fingerprint density at radius 1 is 1.06 bits per heavy atom. The zero-order valence-electron chi connectivity index (χ0n) is 9.32. The molecular formula is C10H15IO5. The first-order valence-electron chi connectivity index (χ1n) is 4.97. The molecule has 0 bridgehead atoms. The fourth-order valence-electron chi connectivity index (χ4n) is 1.03. The van der Waals surface area contributed by atoms with Gasteiger partial charge in [0.2, 0.25) is 0 Å². The molecule has 92 valence electrons. The van der Waals surface area contributed by atoms with Gasteiger partial charge in [0.1, 0.15) is 5.78 Å². The zero-order valence-corrected chi connectivity index (χ0v) is 11.5. The molecule has 5 nitrogen and oxygen atoms in total. The van der Waals surface area contributed by atoms with Crippen LogP contribution in [0.3, 0.4) is 0 Å². The van der Waals surface area contributed by atoms with Crippen LogP contribution in [0.15, 0.2) is 0 Å². The van der Waals surface area contributed by atoms with Crippen molar-refractivity contribution in [1.82, 2.24) is 0 Å². The van der Waals surface area contributed by atoms with Crippen LogP contribution in [0.25, 0.3) is 0 Å². The van der Waals surface area contributed by atoms with Gasteiger partial charge in [-0.25, -0.2) is 0 Å². The average Bonchev–Trinajstić information content (AvgIpc) is 2.25. The van der Waals surface area contributed by atoms with Gasteiger partial charge in [0.05, 0.1) is 17.6 Å². The van der Waals surface area contributed by atoms with E-state index in [1.165, 1.54) is 0 Å². The van der Waals surface area contributed by atoms with Gasteiger partial charge in [-0.1, -0.05) is 22.6 Å². The fourth-order valence-corrected chi connectivity index (χ4v) is 1.34. The Morgan fingerprint density at radius 3 is 1.81 bits per heavy atom. The maximum Gasteiger partial charge on any atom is 0.320 e. The van der Waals surface area contributed by atoms with E-state index in [0.29, 0.717) is 0 Å². The van der Waals surface area contributed by atoms with Crippen LogP contribution in [-0.2, 0) is 23.9 Å². The number of carbonyl (C=O) groups excluding carboxylic acids is 3. The van der Waals surface area contributed by atoms with E-state index in [1.54, 1.807) is 13.8 Å². The predicted octanol–water partition coefficient (Wildman–Crippen LogP) is 1.12. The van der Waals surface area contributed by atoms with Gasteiger partial charge in [-0.3, -0.25) is 14.4 Å². The first kappa shape index (κ1) is 15.3. The molecule has 0 fully saturated rings. The number of ether oxygens (including phenoxy) is 2. The van der Waals surface area contributed by atoms with Gasteiger partial charge in [-0.15, -0.1) is 0 Å². The third-order valence-electron chi connectivity index (χ3n) is 1.72. The van der Waals surface area contributed by atoms with Crippen molar-refractivity contribution in [2.24, 2.45) is 5.92 Å². The lowest BCUT2D eigenvalue weighted by molar-refractivity contribution is -0.162. The van der Waals surface area contributed by atoms with Gasteiger partial charge < -0.3 is 9.47 Å². The smallest absolute Gasteiger partial charge is 0.320 e. The number of rotatable bonds is 7. The molecule has 0 atom stereocenters. The van der Waals surface area contributed by atoms with Gasteiger partial charge in [-0.2, -0.15) is 0 Å². The van der Waals surface area contributed by atoms with Crippen molar-refractivity contribution < 1.29 is 23.9 Å². The molecule has 0 aromatic carbocycles. The second-order valence-corrected chi connectivity index (χ2v) is 3.70. The monoisotopic (exact) mass is 342 g/mol. The average molecular weight is 342 g/mol. The van der Waals surface area contributed by atoms with E-state index in [2.05, 4.69) is 0 Å². The summed E-state index contributed by atoms with van der Waals surface area (Å²) in [4.78, 5) is 34.1. The number of hydrogen-bond acceptors (Lipinski definition) is 5. The Balaban J connectivity index is 4.55. The van der Waals surface area contributed by atoms with Gasteiger partial charge in [0, 0.05) is 6.42 Å². The molecule has 0 aliphatic carbocycles. The lowest BCUT2D eigenvalue weighted by Gasteiger charge is -2.12. The van der Waals surface area contributed by atoms with E-state index in [4.69, 9.17) is 9.47 Å². The lowest BCUT2D eigenvalue weighted by Crippen LogP contribution is -2.30. The maximum absolute atomic E-state index is 11.4. The zero-order chi connectivity index (χ0) is 12.6. The van der Waals surface area contributed by atoms with Crippen LogP contribution < -0.4 is 0 Å². The summed E-state index contributed by atoms with van der Waals surface area (Å²) in [5.41, 5.74) is 0. The van der Waals surface area contributed by atoms with Crippen LogP contribution in [0.2, 0.25) is 0 Å². The van der Waals surface area contributed by atoms with Gasteiger partial charge in [-0.05, 0) is 13.8 Å². The van der Waals surface area contributed by atoms with E-state index in [0.717, 1.165) is 0 Å². The number of Topliss-reactive ketones (excluding diaryl/α,β-unsaturated/α-hetero) is 1. The summed E-state index contributed by atoms with van der Waals surface area (Å²) in [5.74, 6) is -2.69. The van der Waals surface area contributed by atoms with Crippen molar-refractivity contribution in [3.05, 3.63) is 0 Å². The van der Waals surface area contributed by atoms with Crippen LogP contribution in [-0.4, -0.2) is 35.4 Å². The quantitative estimate of drug-likeness (QED) is 0.300. The summed E-state index contributed by atoms with van der Waals surface area (Å²) >= 11 is 1.88. The van der Waals surface area contributed by atoms with Crippen LogP contribution in [0.4, 0.5) is 0 Å². The van der Waals surface area contributed by atoms with Crippen molar-refractivity contribution in [3.63, 3.8) is 0 Å². The minimum Gasteiger partial charge on any atom is -0.465 e. The molecule has 0 heterocycles. The SMILES string of the molecule is CCOC(=O)C(CC(=O)CI)C(=O)OCC. The Labute approximate surface area is 108 Å². The molecule has 16 heavy (non-hydrogen) atoms. The summed E-state index contributed by atoms with van der Waals surface area (Å²) in [6.07, 6.45) is -0.152. The topological polar surface area (TPSA) is 69.7 Å². The van der Waals surface area contributed by atoms with Gasteiger partial charge in [0.15, 0.2) is 5.92 Å². The number of esters is 2. The largest absolute Gasteiger partial charge is 0.465 e. The Bertz CT molecular complexity index is 246. The second-order valence-electron chi connectivity index (χ2n) is 2.93. The highest BCUT2D eigenvalue weighted by Crippen LogP contribution is 2.10. The lowest BCUT2D eigenvalue weighted by atomic mass is 10.0. The molecule has 0 aromatic heterocycles. The highest BCUT2D eigenvalue weighted by molar-refractivity contribution is 14.1. The third-order valence-corrected chi connectivity index (χ3v) is 2.57. The summed E-state index contributed by atoms with van der Waals surface area (Å²) in [7, 11) is 0. The summed E-state index contributed by atoms with van der Waals surface area (Å²) < 4.78 is 9.70. The minimum atomic E-state index is -1.12. The number of hydrogen-bond donors (Lipinski definition) is 0. The van der Waals surface area contributed by atoms with Crippen molar-refractivity contribution >= 4 is 40.3 Å². The molecule has 6 heteroatoms. The van der Waals surface area contributed by atoms with Crippen molar-refractivity contribution in [1.29, 1.82) is 0 Å². The minimum absolute atomic E-state index is 0.152. The Hall–Kier alpha value is -0.660. The number of alkyl halides is 1. The number of carbonyl (C=O) groups is 3. The molecule has 0 aliphatic rings. The molecule has 0 N–H and O–H groups in total.